The summed E-state index contributed by atoms with van der Waals surface area (Å²) in [5.74, 6) is -0.0394. The Morgan fingerprint density at radius 1 is 1.44 bits per heavy atom. The first-order chi connectivity index (χ1) is 8.49. The van der Waals surface area contributed by atoms with Crippen LogP contribution >= 0.6 is 0 Å². The van der Waals surface area contributed by atoms with Crippen LogP contribution in [0.25, 0.3) is 0 Å². The molecule has 1 aliphatic rings. The third kappa shape index (κ3) is 2.56. The second-order valence-electron chi connectivity index (χ2n) is 5.58. The van der Waals surface area contributed by atoms with Gasteiger partial charge in [0, 0.05) is 6.04 Å². The number of rotatable bonds is 4. The maximum Gasteiger partial charge on any atom is 0.234 e. The lowest BCUT2D eigenvalue weighted by Gasteiger charge is -2.24. The van der Waals surface area contributed by atoms with Crippen molar-refractivity contribution in [1.82, 2.24) is 5.32 Å². The number of nitrogens with two attached hydrogens (primary N) is 1. The van der Waals surface area contributed by atoms with Crippen LogP contribution in [0.3, 0.4) is 0 Å². The van der Waals surface area contributed by atoms with Crippen molar-refractivity contribution in [3.63, 3.8) is 0 Å². The molecule has 0 fully saturated rings. The number of carbonyl (C=O) groups is 1. The molecular weight excluding hydrogens is 224 g/mol. The molecule has 98 valence electrons. The van der Waals surface area contributed by atoms with Crippen molar-refractivity contribution in [2.45, 2.75) is 45.7 Å². The molecule has 1 aromatic carbocycles. The lowest BCUT2D eigenvalue weighted by Crippen LogP contribution is -2.46. The Kier molecular flexibility index (Phi) is 3.71. The van der Waals surface area contributed by atoms with Gasteiger partial charge >= 0.3 is 0 Å². The zero-order valence-corrected chi connectivity index (χ0v) is 11.4. The highest BCUT2D eigenvalue weighted by molar-refractivity contribution is 5.80. The van der Waals surface area contributed by atoms with E-state index >= 15 is 0 Å². The maximum absolute atomic E-state index is 11.5. The number of amides is 1. The minimum atomic E-state index is -0.258. The van der Waals surface area contributed by atoms with Crippen molar-refractivity contribution < 1.29 is 4.79 Å². The summed E-state index contributed by atoms with van der Waals surface area (Å²) in [7, 11) is 0. The van der Waals surface area contributed by atoms with Crippen molar-refractivity contribution >= 4 is 5.91 Å². The van der Waals surface area contributed by atoms with Crippen molar-refractivity contribution in [2.75, 3.05) is 0 Å². The van der Waals surface area contributed by atoms with Crippen molar-refractivity contribution in [3.8, 4) is 0 Å². The summed E-state index contributed by atoms with van der Waals surface area (Å²) in [4.78, 5) is 11.5. The summed E-state index contributed by atoms with van der Waals surface area (Å²) >= 11 is 0. The van der Waals surface area contributed by atoms with Crippen LogP contribution in [0.4, 0.5) is 0 Å². The van der Waals surface area contributed by atoms with E-state index in [1.165, 1.54) is 16.7 Å². The van der Waals surface area contributed by atoms with Gasteiger partial charge in [-0.25, -0.2) is 0 Å². The Labute approximate surface area is 109 Å². The molecular formula is C15H22N2O. The number of hydrogen-bond donors (Lipinski definition) is 2. The molecule has 0 spiro atoms. The van der Waals surface area contributed by atoms with Crippen LogP contribution in [0.2, 0.25) is 0 Å². The SMILES string of the molecule is Cc1ccc2c(c1)C(NC(C(N)=O)C(C)C)CC2. The molecule has 2 rings (SSSR count). The summed E-state index contributed by atoms with van der Waals surface area (Å²) in [6, 6.07) is 6.58. The van der Waals surface area contributed by atoms with Gasteiger partial charge in [0.15, 0.2) is 0 Å². The first-order valence-electron chi connectivity index (χ1n) is 6.64. The summed E-state index contributed by atoms with van der Waals surface area (Å²) in [6.07, 6.45) is 2.13. The van der Waals surface area contributed by atoms with E-state index in [-0.39, 0.29) is 23.9 Å². The third-order valence-corrected chi connectivity index (χ3v) is 3.73. The lowest BCUT2D eigenvalue weighted by molar-refractivity contribution is -0.121. The first kappa shape index (κ1) is 13.1. The lowest BCUT2D eigenvalue weighted by atomic mass is 10.00. The Hall–Kier alpha value is -1.35. The van der Waals surface area contributed by atoms with Crippen LogP contribution in [0.1, 0.15) is 43.0 Å². The van der Waals surface area contributed by atoms with E-state index in [4.69, 9.17) is 5.73 Å². The smallest absolute Gasteiger partial charge is 0.234 e. The number of aryl methyl sites for hydroxylation is 2. The summed E-state index contributed by atoms with van der Waals surface area (Å²) in [5, 5.41) is 3.42. The molecule has 3 N–H and O–H groups in total. The highest BCUT2D eigenvalue weighted by Gasteiger charge is 2.28. The average Bonchev–Trinajstić information content (AvgIpc) is 2.67. The molecule has 0 saturated carbocycles. The molecule has 0 heterocycles. The molecule has 0 bridgehead atoms. The fourth-order valence-corrected chi connectivity index (χ4v) is 2.71. The molecule has 0 aromatic heterocycles. The standard InChI is InChI=1S/C15H22N2O/c1-9(2)14(15(16)18)17-13-7-6-11-5-4-10(3)8-12(11)13/h4-5,8-9,13-14,17H,6-7H2,1-3H3,(H2,16,18). The highest BCUT2D eigenvalue weighted by atomic mass is 16.1. The molecule has 2 atom stereocenters. The van der Waals surface area contributed by atoms with Crippen molar-refractivity contribution in [3.05, 3.63) is 34.9 Å². The van der Waals surface area contributed by atoms with Gasteiger partial charge in [0.1, 0.15) is 0 Å². The highest BCUT2D eigenvalue weighted by Crippen LogP contribution is 2.32. The molecule has 18 heavy (non-hydrogen) atoms. The molecule has 0 radical (unpaired) electrons. The third-order valence-electron chi connectivity index (χ3n) is 3.73. The maximum atomic E-state index is 11.5. The number of nitrogens with one attached hydrogen (secondary N) is 1. The Morgan fingerprint density at radius 2 is 2.17 bits per heavy atom. The predicted molar refractivity (Wildman–Crippen MR) is 73.2 cm³/mol. The molecule has 1 amide bonds. The molecule has 3 heteroatoms. The number of carbonyl (C=O) groups excluding carboxylic acids is 1. The van der Waals surface area contributed by atoms with Crippen LogP contribution in [0, 0.1) is 12.8 Å². The van der Waals surface area contributed by atoms with E-state index in [9.17, 15) is 4.79 Å². The van der Waals surface area contributed by atoms with Crippen LogP contribution in [-0.4, -0.2) is 11.9 Å². The van der Waals surface area contributed by atoms with E-state index in [0.29, 0.717) is 0 Å². The Morgan fingerprint density at radius 3 is 2.78 bits per heavy atom. The van der Waals surface area contributed by atoms with Gasteiger partial charge in [-0.05, 0) is 36.8 Å². The van der Waals surface area contributed by atoms with Crippen LogP contribution in [0.5, 0.6) is 0 Å². The average molecular weight is 246 g/mol. The van der Waals surface area contributed by atoms with Gasteiger partial charge in [0.2, 0.25) is 5.91 Å². The zero-order chi connectivity index (χ0) is 13.3. The minimum absolute atomic E-state index is 0.219. The van der Waals surface area contributed by atoms with E-state index in [1.807, 2.05) is 13.8 Å². The molecule has 3 nitrogen and oxygen atoms in total. The van der Waals surface area contributed by atoms with Gasteiger partial charge < -0.3 is 5.73 Å². The number of primary amides is 1. The van der Waals surface area contributed by atoms with Crippen LogP contribution < -0.4 is 11.1 Å². The van der Waals surface area contributed by atoms with E-state index in [0.717, 1.165) is 12.8 Å². The molecule has 2 unspecified atom stereocenters. The fourth-order valence-electron chi connectivity index (χ4n) is 2.71. The Bertz CT molecular complexity index is 454. The van der Waals surface area contributed by atoms with Gasteiger partial charge in [-0.3, -0.25) is 10.1 Å². The van der Waals surface area contributed by atoms with Gasteiger partial charge in [-0.1, -0.05) is 37.6 Å². The van der Waals surface area contributed by atoms with Gasteiger partial charge in [-0.2, -0.15) is 0 Å². The zero-order valence-electron chi connectivity index (χ0n) is 11.4. The second kappa shape index (κ2) is 5.11. The number of benzene rings is 1. The monoisotopic (exact) mass is 246 g/mol. The largest absolute Gasteiger partial charge is 0.368 e. The summed E-state index contributed by atoms with van der Waals surface area (Å²) in [6.45, 7) is 6.15. The molecule has 1 aliphatic carbocycles. The quantitative estimate of drug-likeness (QED) is 0.854. The normalized spacial score (nSPS) is 19.9. The van der Waals surface area contributed by atoms with Gasteiger partial charge in [0.05, 0.1) is 6.04 Å². The Balaban J connectivity index is 2.18. The molecule has 1 aromatic rings. The van der Waals surface area contributed by atoms with Gasteiger partial charge in [0.25, 0.3) is 0 Å². The number of hydrogen-bond acceptors (Lipinski definition) is 2. The summed E-state index contributed by atoms with van der Waals surface area (Å²) < 4.78 is 0. The molecule has 0 saturated heterocycles. The molecule has 0 aliphatic heterocycles. The summed E-state index contributed by atoms with van der Waals surface area (Å²) in [5.41, 5.74) is 9.46. The van der Waals surface area contributed by atoms with Crippen molar-refractivity contribution in [2.24, 2.45) is 11.7 Å². The van der Waals surface area contributed by atoms with Crippen LogP contribution in [0.15, 0.2) is 18.2 Å². The minimum Gasteiger partial charge on any atom is -0.368 e. The first-order valence-corrected chi connectivity index (χ1v) is 6.64. The topological polar surface area (TPSA) is 55.1 Å². The van der Waals surface area contributed by atoms with E-state index < -0.39 is 0 Å². The van der Waals surface area contributed by atoms with Crippen LogP contribution in [-0.2, 0) is 11.2 Å². The van der Waals surface area contributed by atoms with E-state index in [2.05, 4.69) is 30.4 Å². The number of fused-ring (bicyclic) bond motifs is 1. The van der Waals surface area contributed by atoms with E-state index in [1.54, 1.807) is 0 Å². The van der Waals surface area contributed by atoms with Gasteiger partial charge in [-0.15, -0.1) is 0 Å². The second-order valence-corrected chi connectivity index (χ2v) is 5.58. The van der Waals surface area contributed by atoms with Crippen molar-refractivity contribution in [1.29, 1.82) is 0 Å². The predicted octanol–water partition coefficient (Wildman–Crippen LogP) is 2.08. The fraction of sp³-hybridized carbons (Fsp3) is 0.533.